The van der Waals surface area contributed by atoms with Gasteiger partial charge in [-0.05, 0) is 12.8 Å². The number of nitrogens with one attached hydrogen (secondary N) is 1. The van der Waals surface area contributed by atoms with Crippen LogP contribution in [-0.2, 0) is 0 Å². The maximum absolute atomic E-state index is 5.54. The third kappa shape index (κ3) is 6.42. The van der Waals surface area contributed by atoms with Crippen LogP contribution >= 0.6 is 0 Å². The molecule has 102 valence electrons. The molecule has 1 heterocycles. The molecule has 1 aromatic heterocycles. The van der Waals surface area contributed by atoms with E-state index < -0.39 is 0 Å². The summed E-state index contributed by atoms with van der Waals surface area (Å²) in [5, 5.41) is 3.30. The molecule has 4 nitrogen and oxygen atoms in total. The topological polar surface area (TPSA) is 47.0 Å². The van der Waals surface area contributed by atoms with Gasteiger partial charge in [0, 0.05) is 12.6 Å². The fourth-order valence-corrected chi connectivity index (χ4v) is 1.60. The molecule has 0 bridgehead atoms. The number of aromatic nitrogens is 2. The molecule has 0 aliphatic carbocycles. The molecule has 0 fully saturated rings. The van der Waals surface area contributed by atoms with Crippen LogP contribution in [0.3, 0.4) is 0 Å². The lowest BCUT2D eigenvalue weighted by atomic mass is 10.2. The summed E-state index contributed by atoms with van der Waals surface area (Å²) in [5.74, 6) is 1.52. The molecule has 0 aliphatic rings. The Hall–Kier alpha value is -1.32. The van der Waals surface area contributed by atoms with E-state index >= 15 is 0 Å². The molecule has 18 heavy (non-hydrogen) atoms. The monoisotopic (exact) mass is 251 g/mol. The average Bonchev–Trinajstić information content (AvgIpc) is 2.39. The number of unbranched alkanes of at least 4 members (excludes halogenated alkanes) is 4. The highest BCUT2D eigenvalue weighted by Crippen LogP contribution is 2.11. The Morgan fingerprint density at radius 3 is 2.67 bits per heavy atom. The lowest BCUT2D eigenvalue weighted by molar-refractivity contribution is 0.297. The summed E-state index contributed by atoms with van der Waals surface area (Å²) in [4.78, 5) is 8.28. The van der Waals surface area contributed by atoms with Gasteiger partial charge >= 0.3 is 0 Å². The third-order valence-corrected chi connectivity index (χ3v) is 2.73. The highest BCUT2D eigenvalue weighted by Gasteiger charge is 1.99. The Morgan fingerprint density at radius 2 is 1.89 bits per heavy atom. The number of anilines is 1. The molecule has 0 aromatic carbocycles. The smallest absolute Gasteiger partial charge is 0.218 e. The fourth-order valence-electron chi connectivity index (χ4n) is 1.60. The van der Waals surface area contributed by atoms with Gasteiger partial charge in [-0.1, -0.05) is 39.5 Å². The predicted molar refractivity (Wildman–Crippen MR) is 75.1 cm³/mol. The molecule has 0 unspecified atom stereocenters. The SMILES string of the molecule is CCCCCCNc1cc(OCCCC)ncn1. The molecular formula is C14H25N3O. The zero-order valence-corrected chi connectivity index (χ0v) is 11.6. The molecular weight excluding hydrogens is 226 g/mol. The van der Waals surface area contributed by atoms with Gasteiger partial charge in [-0.25, -0.2) is 9.97 Å². The van der Waals surface area contributed by atoms with E-state index in [1.807, 2.05) is 6.07 Å². The number of hydrogen-bond acceptors (Lipinski definition) is 4. The van der Waals surface area contributed by atoms with Gasteiger partial charge in [0.1, 0.15) is 12.1 Å². The van der Waals surface area contributed by atoms with Crippen molar-refractivity contribution in [1.29, 1.82) is 0 Å². The second kappa shape index (κ2) is 9.68. The first-order valence-electron chi connectivity index (χ1n) is 7.05. The van der Waals surface area contributed by atoms with Crippen molar-refractivity contribution < 1.29 is 4.74 Å². The summed E-state index contributed by atoms with van der Waals surface area (Å²) >= 11 is 0. The lowest BCUT2D eigenvalue weighted by Gasteiger charge is -2.07. The largest absolute Gasteiger partial charge is 0.478 e. The molecule has 1 aromatic rings. The lowest BCUT2D eigenvalue weighted by Crippen LogP contribution is -2.05. The van der Waals surface area contributed by atoms with E-state index in [0.29, 0.717) is 5.88 Å². The van der Waals surface area contributed by atoms with Gasteiger partial charge in [-0.3, -0.25) is 0 Å². The van der Waals surface area contributed by atoms with Gasteiger partial charge in [0.05, 0.1) is 6.61 Å². The van der Waals surface area contributed by atoms with Crippen molar-refractivity contribution >= 4 is 5.82 Å². The van der Waals surface area contributed by atoms with Gasteiger partial charge in [-0.15, -0.1) is 0 Å². The van der Waals surface area contributed by atoms with Crippen LogP contribution in [0.5, 0.6) is 5.88 Å². The molecule has 4 heteroatoms. The van der Waals surface area contributed by atoms with Crippen LogP contribution in [0.1, 0.15) is 52.4 Å². The second-order valence-electron chi connectivity index (χ2n) is 4.43. The van der Waals surface area contributed by atoms with Crippen LogP contribution in [0.15, 0.2) is 12.4 Å². The normalized spacial score (nSPS) is 10.3. The van der Waals surface area contributed by atoms with Crippen molar-refractivity contribution in [3.05, 3.63) is 12.4 Å². The zero-order chi connectivity index (χ0) is 13.1. The summed E-state index contributed by atoms with van der Waals surface area (Å²) < 4.78 is 5.54. The quantitative estimate of drug-likeness (QED) is 0.645. The Labute approximate surface area is 110 Å². The minimum absolute atomic E-state index is 0.662. The number of nitrogens with zero attached hydrogens (tertiary/aromatic N) is 2. The van der Waals surface area contributed by atoms with E-state index in [2.05, 4.69) is 29.1 Å². The predicted octanol–water partition coefficient (Wildman–Crippen LogP) is 3.65. The maximum Gasteiger partial charge on any atom is 0.218 e. The second-order valence-corrected chi connectivity index (χ2v) is 4.43. The fraction of sp³-hybridized carbons (Fsp3) is 0.714. The molecule has 0 saturated heterocycles. The molecule has 0 atom stereocenters. The average molecular weight is 251 g/mol. The molecule has 0 spiro atoms. The number of hydrogen-bond donors (Lipinski definition) is 1. The van der Waals surface area contributed by atoms with Gasteiger partial charge in [0.2, 0.25) is 5.88 Å². The van der Waals surface area contributed by atoms with Crippen molar-refractivity contribution in [3.8, 4) is 5.88 Å². The van der Waals surface area contributed by atoms with Crippen molar-refractivity contribution in [2.45, 2.75) is 52.4 Å². The molecule has 0 saturated carbocycles. The highest BCUT2D eigenvalue weighted by atomic mass is 16.5. The number of ether oxygens (including phenoxy) is 1. The first kappa shape index (κ1) is 14.7. The van der Waals surface area contributed by atoms with E-state index in [1.54, 1.807) is 6.33 Å². The first-order chi connectivity index (χ1) is 8.86. The Balaban J connectivity index is 2.26. The van der Waals surface area contributed by atoms with Crippen molar-refractivity contribution in [2.75, 3.05) is 18.5 Å². The van der Waals surface area contributed by atoms with Crippen LogP contribution < -0.4 is 10.1 Å². The van der Waals surface area contributed by atoms with Crippen LogP contribution in [0.4, 0.5) is 5.82 Å². The summed E-state index contributed by atoms with van der Waals surface area (Å²) in [6.45, 7) is 6.05. The maximum atomic E-state index is 5.54. The zero-order valence-electron chi connectivity index (χ0n) is 11.6. The third-order valence-electron chi connectivity index (χ3n) is 2.73. The van der Waals surface area contributed by atoms with E-state index in [4.69, 9.17) is 4.74 Å². The van der Waals surface area contributed by atoms with Gasteiger partial charge in [0.15, 0.2) is 0 Å². The Kier molecular flexibility index (Phi) is 7.93. The minimum atomic E-state index is 0.662. The molecule has 1 N–H and O–H groups in total. The molecule has 0 radical (unpaired) electrons. The van der Waals surface area contributed by atoms with Gasteiger partial charge in [0.25, 0.3) is 0 Å². The summed E-state index contributed by atoms with van der Waals surface area (Å²) in [7, 11) is 0. The van der Waals surface area contributed by atoms with Gasteiger partial charge in [-0.2, -0.15) is 0 Å². The van der Waals surface area contributed by atoms with Crippen LogP contribution in [0.25, 0.3) is 0 Å². The highest BCUT2D eigenvalue weighted by molar-refractivity contribution is 5.36. The Morgan fingerprint density at radius 1 is 1.06 bits per heavy atom. The van der Waals surface area contributed by atoms with Crippen LogP contribution in [-0.4, -0.2) is 23.1 Å². The summed E-state index contributed by atoms with van der Waals surface area (Å²) in [6, 6.07) is 1.87. The van der Waals surface area contributed by atoms with Crippen LogP contribution in [0.2, 0.25) is 0 Å². The van der Waals surface area contributed by atoms with Crippen molar-refractivity contribution in [1.82, 2.24) is 9.97 Å². The molecule has 1 rings (SSSR count). The number of rotatable bonds is 10. The Bertz CT molecular complexity index is 318. The standard InChI is InChI=1S/C14H25N3O/c1-3-5-7-8-9-15-13-11-14(17-12-16-13)18-10-6-4-2/h11-12H,3-10H2,1-2H3,(H,15,16,17). The van der Waals surface area contributed by atoms with Crippen molar-refractivity contribution in [2.24, 2.45) is 0 Å². The first-order valence-corrected chi connectivity index (χ1v) is 7.05. The van der Waals surface area contributed by atoms with Crippen molar-refractivity contribution in [3.63, 3.8) is 0 Å². The van der Waals surface area contributed by atoms with E-state index in [-0.39, 0.29) is 0 Å². The minimum Gasteiger partial charge on any atom is -0.478 e. The van der Waals surface area contributed by atoms with Gasteiger partial charge < -0.3 is 10.1 Å². The van der Waals surface area contributed by atoms with E-state index in [1.165, 1.54) is 25.7 Å². The molecule has 0 aliphatic heterocycles. The molecule has 0 amide bonds. The van der Waals surface area contributed by atoms with E-state index in [0.717, 1.165) is 31.8 Å². The van der Waals surface area contributed by atoms with Crippen LogP contribution in [0, 0.1) is 0 Å². The van der Waals surface area contributed by atoms with E-state index in [9.17, 15) is 0 Å². The summed E-state index contributed by atoms with van der Waals surface area (Å²) in [6.07, 6.45) is 8.77. The summed E-state index contributed by atoms with van der Waals surface area (Å²) in [5.41, 5.74) is 0.